The van der Waals surface area contributed by atoms with Crippen LogP contribution in [0.5, 0.6) is 11.6 Å². The first kappa shape index (κ1) is 10.4. The summed E-state index contributed by atoms with van der Waals surface area (Å²) in [6.07, 6.45) is 0. The van der Waals surface area contributed by atoms with E-state index >= 15 is 0 Å². The average Bonchev–Trinajstić information content (AvgIpc) is 2.65. The molecule has 0 aliphatic carbocycles. The standard InChI is InChI=1S/C9H7ClN2O2S/c10-8-9(12-15-11-8)14-7-4-2-1-3-6(7)5-13/h1-4,13H,5H2. The van der Waals surface area contributed by atoms with Crippen molar-refractivity contribution < 1.29 is 9.84 Å². The molecule has 1 aromatic heterocycles. The molecule has 0 bridgehead atoms. The highest BCUT2D eigenvalue weighted by Crippen LogP contribution is 2.29. The molecule has 0 fully saturated rings. The number of aromatic nitrogens is 2. The highest BCUT2D eigenvalue weighted by atomic mass is 35.5. The molecule has 0 saturated heterocycles. The smallest absolute Gasteiger partial charge is 0.270 e. The van der Waals surface area contributed by atoms with Crippen molar-refractivity contribution in [1.82, 2.24) is 8.75 Å². The van der Waals surface area contributed by atoms with Crippen LogP contribution >= 0.6 is 23.3 Å². The minimum absolute atomic E-state index is 0.0919. The van der Waals surface area contributed by atoms with Crippen molar-refractivity contribution in [2.75, 3.05) is 0 Å². The molecule has 0 spiro atoms. The molecule has 2 aromatic rings. The third kappa shape index (κ3) is 2.26. The van der Waals surface area contributed by atoms with E-state index in [1.807, 2.05) is 12.1 Å². The lowest BCUT2D eigenvalue weighted by molar-refractivity contribution is 0.276. The van der Waals surface area contributed by atoms with E-state index in [0.29, 0.717) is 11.3 Å². The molecular formula is C9H7ClN2O2S. The Balaban J connectivity index is 2.28. The third-order valence-electron chi connectivity index (χ3n) is 1.77. The first-order chi connectivity index (χ1) is 7.31. The molecule has 2 rings (SSSR count). The van der Waals surface area contributed by atoms with Crippen molar-refractivity contribution in [2.24, 2.45) is 0 Å². The van der Waals surface area contributed by atoms with Gasteiger partial charge in [-0.1, -0.05) is 29.8 Å². The molecular weight excluding hydrogens is 236 g/mol. The van der Waals surface area contributed by atoms with Crippen molar-refractivity contribution in [3.05, 3.63) is 35.0 Å². The van der Waals surface area contributed by atoms with Gasteiger partial charge in [0.1, 0.15) is 5.75 Å². The van der Waals surface area contributed by atoms with E-state index in [1.165, 1.54) is 0 Å². The Hall–Kier alpha value is -1.17. The predicted molar refractivity (Wildman–Crippen MR) is 57.4 cm³/mol. The van der Waals surface area contributed by atoms with Gasteiger partial charge in [-0.15, -0.1) is 4.37 Å². The SMILES string of the molecule is OCc1ccccc1Oc1nsnc1Cl. The molecule has 0 amide bonds. The quantitative estimate of drug-likeness (QED) is 0.899. The molecule has 1 heterocycles. The van der Waals surface area contributed by atoms with Gasteiger partial charge in [0.2, 0.25) is 5.15 Å². The number of aliphatic hydroxyl groups excluding tert-OH is 1. The normalized spacial score (nSPS) is 10.3. The number of para-hydroxylation sites is 1. The number of aliphatic hydroxyl groups is 1. The van der Waals surface area contributed by atoms with Crippen LogP contribution in [0.15, 0.2) is 24.3 Å². The van der Waals surface area contributed by atoms with Gasteiger partial charge < -0.3 is 9.84 Å². The summed E-state index contributed by atoms with van der Waals surface area (Å²) in [5, 5.41) is 9.30. The minimum atomic E-state index is -0.0919. The lowest BCUT2D eigenvalue weighted by Crippen LogP contribution is -1.91. The maximum Gasteiger partial charge on any atom is 0.270 e. The van der Waals surface area contributed by atoms with Gasteiger partial charge >= 0.3 is 0 Å². The number of hydrogen-bond donors (Lipinski definition) is 1. The van der Waals surface area contributed by atoms with Crippen LogP contribution in [0.1, 0.15) is 5.56 Å². The average molecular weight is 243 g/mol. The zero-order valence-electron chi connectivity index (χ0n) is 7.55. The van der Waals surface area contributed by atoms with Crippen LogP contribution in [-0.4, -0.2) is 13.9 Å². The molecule has 1 N–H and O–H groups in total. The number of halogens is 1. The van der Waals surface area contributed by atoms with Crippen LogP contribution in [0.4, 0.5) is 0 Å². The fourth-order valence-electron chi connectivity index (χ4n) is 1.07. The molecule has 15 heavy (non-hydrogen) atoms. The van der Waals surface area contributed by atoms with Crippen molar-refractivity contribution >= 4 is 23.3 Å². The van der Waals surface area contributed by atoms with Crippen molar-refractivity contribution in [1.29, 1.82) is 0 Å². The summed E-state index contributed by atoms with van der Waals surface area (Å²) >= 11 is 6.71. The number of nitrogens with zero attached hydrogens (tertiary/aromatic N) is 2. The highest BCUT2D eigenvalue weighted by Gasteiger charge is 2.09. The molecule has 0 radical (unpaired) electrons. The minimum Gasteiger partial charge on any atom is -0.435 e. The van der Waals surface area contributed by atoms with Crippen LogP contribution in [0.3, 0.4) is 0 Å². The molecule has 0 saturated carbocycles. The Labute approximate surface area is 95.4 Å². The van der Waals surface area contributed by atoms with E-state index < -0.39 is 0 Å². The van der Waals surface area contributed by atoms with Crippen LogP contribution in [0.2, 0.25) is 5.15 Å². The second-order valence-electron chi connectivity index (χ2n) is 2.73. The maximum absolute atomic E-state index is 9.07. The van der Waals surface area contributed by atoms with E-state index in [1.54, 1.807) is 12.1 Å². The lowest BCUT2D eigenvalue weighted by Gasteiger charge is -2.06. The Morgan fingerprint density at radius 2 is 2.13 bits per heavy atom. The maximum atomic E-state index is 9.07. The van der Waals surface area contributed by atoms with E-state index in [2.05, 4.69) is 8.75 Å². The van der Waals surface area contributed by atoms with Gasteiger partial charge in [0.15, 0.2) is 0 Å². The van der Waals surface area contributed by atoms with Crippen molar-refractivity contribution in [3.8, 4) is 11.6 Å². The molecule has 0 atom stereocenters. The van der Waals surface area contributed by atoms with Crippen molar-refractivity contribution in [3.63, 3.8) is 0 Å². The monoisotopic (exact) mass is 242 g/mol. The fraction of sp³-hybridized carbons (Fsp3) is 0.111. The zero-order valence-corrected chi connectivity index (χ0v) is 9.13. The topological polar surface area (TPSA) is 55.2 Å². The molecule has 1 aromatic carbocycles. The third-order valence-corrected chi connectivity index (χ3v) is 2.63. The van der Waals surface area contributed by atoms with Crippen LogP contribution in [0.25, 0.3) is 0 Å². The summed E-state index contributed by atoms with van der Waals surface area (Å²) in [5.41, 5.74) is 0.682. The van der Waals surface area contributed by atoms with E-state index in [0.717, 1.165) is 11.7 Å². The van der Waals surface area contributed by atoms with E-state index in [4.69, 9.17) is 21.4 Å². The summed E-state index contributed by atoms with van der Waals surface area (Å²) in [6.45, 7) is -0.0919. The van der Waals surface area contributed by atoms with Crippen LogP contribution in [-0.2, 0) is 6.61 Å². The van der Waals surface area contributed by atoms with Gasteiger partial charge in [-0.2, -0.15) is 4.37 Å². The number of benzene rings is 1. The van der Waals surface area contributed by atoms with Gasteiger partial charge in [0, 0.05) is 5.56 Å². The Morgan fingerprint density at radius 1 is 1.33 bits per heavy atom. The first-order valence-corrected chi connectivity index (χ1v) is 5.26. The number of ether oxygens (including phenoxy) is 1. The molecule has 6 heteroatoms. The largest absolute Gasteiger partial charge is 0.435 e. The predicted octanol–water partition coefficient (Wildman–Crippen LogP) is 2.48. The lowest BCUT2D eigenvalue weighted by atomic mass is 10.2. The molecule has 0 aliphatic rings. The van der Waals surface area contributed by atoms with E-state index in [-0.39, 0.29) is 17.6 Å². The van der Waals surface area contributed by atoms with Crippen LogP contribution < -0.4 is 4.74 Å². The summed E-state index contributed by atoms with van der Waals surface area (Å²) in [6, 6.07) is 7.13. The second kappa shape index (κ2) is 4.57. The summed E-state index contributed by atoms with van der Waals surface area (Å²) < 4.78 is 13.1. The number of hydrogen-bond acceptors (Lipinski definition) is 5. The second-order valence-corrected chi connectivity index (χ2v) is 3.61. The Kier molecular flexibility index (Phi) is 3.15. The molecule has 0 unspecified atom stereocenters. The van der Waals surface area contributed by atoms with Gasteiger partial charge in [-0.25, -0.2) is 0 Å². The van der Waals surface area contributed by atoms with Crippen LogP contribution in [0, 0.1) is 0 Å². The van der Waals surface area contributed by atoms with Gasteiger partial charge in [-0.3, -0.25) is 0 Å². The van der Waals surface area contributed by atoms with Crippen molar-refractivity contribution in [2.45, 2.75) is 6.61 Å². The van der Waals surface area contributed by atoms with Gasteiger partial charge in [-0.05, 0) is 6.07 Å². The van der Waals surface area contributed by atoms with E-state index in [9.17, 15) is 0 Å². The molecule has 4 nitrogen and oxygen atoms in total. The highest BCUT2D eigenvalue weighted by molar-refractivity contribution is 6.99. The fourth-order valence-corrected chi connectivity index (χ4v) is 1.68. The molecule has 78 valence electrons. The van der Waals surface area contributed by atoms with Gasteiger partial charge in [0.25, 0.3) is 5.88 Å². The Morgan fingerprint density at radius 3 is 2.80 bits per heavy atom. The summed E-state index contributed by atoms with van der Waals surface area (Å²) in [7, 11) is 0. The first-order valence-electron chi connectivity index (χ1n) is 4.16. The molecule has 0 aliphatic heterocycles. The number of rotatable bonds is 3. The summed E-state index contributed by atoms with van der Waals surface area (Å²) in [4.78, 5) is 0. The summed E-state index contributed by atoms with van der Waals surface area (Å²) in [5.74, 6) is 0.803. The zero-order chi connectivity index (χ0) is 10.7. The Bertz CT molecular complexity index is 461. The van der Waals surface area contributed by atoms with Gasteiger partial charge in [0.05, 0.1) is 18.3 Å².